The van der Waals surface area contributed by atoms with Crippen molar-refractivity contribution in [3.63, 3.8) is 0 Å². The van der Waals surface area contributed by atoms with Crippen LogP contribution in [0.2, 0.25) is 0 Å². The summed E-state index contributed by atoms with van der Waals surface area (Å²) in [6, 6.07) is 11.5. The van der Waals surface area contributed by atoms with Crippen molar-refractivity contribution in [1.82, 2.24) is 14.6 Å². The molecule has 1 atom stereocenters. The Labute approximate surface area is 130 Å². The third kappa shape index (κ3) is 3.34. The number of hydrogen-bond donors (Lipinski definition) is 1. The zero-order valence-electron chi connectivity index (χ0n) is 12.2. The van der Waals surface area contributed by atoms with Crippen molar-refractivity contribution < 1.29 is 13.2 Å². The summed E-state index contributed by atoms with van der Waals surface area (Å²) in [6.45, 7) is 0. The summed E-state index contributed by atoms with van der Waals surface area (Å²) in [7, 11) is 0. The summed E-state index contributed by atoms with van der Waals surface area (Å²) in [6.07, 6.45) is -2.13. The van der Waals surface area contributed by atoms with Crippen molar-refractivity contribution in [2.24, 2.45) is 5.73 Å². The highest BCUT2D eigenvalue weighted by Gasteiger charge is 2.31. The van der Waals surface area contributed by atoms with Crippen LogP contribution in [-0.4, -0.2) is 14.6 Å². The molecule has 0 aliphatic carbocycles. The monoisotopic (exact) mass is 320 g/mol. The Morgan fingerprint density at radius 3 is 2.48 bits per heavy atom. The predicted molar refractivity (Wildman–Crippen MR) is 79.7 cm³/mol. The van der Waals surface area contributed by atoms with Gasteiger partial charge in [0.1, 0.15) is 0 Å². The fraction of sp³-hybridized carbons (Fsp3) is 0.250. The van der Waals surface area contributed by atoms with Crippen LogP contribution in [0.1, 0.15) is 29.4 Å². The van der Waals surface area contributed by atoms with E-state index < -0.39 is 17.8 Å². The number of alkyl halides is 3. The molecule has 0 saturated carbocycles. The molecule has 0 radical (unpaired) electrons. The maximum Gasteiger partial charge on any atom is 0.417 e. The predicted octanol–water partition coefficient (Wildman–Crippen LogP) is 3.38. The maximum absolute atomic E-state index is 12.8. The second-order valence-corrected chi connectivity index (χ2v) is 5.33. The second kappa shape index (κ2) is 6.00. The van der Waals surface area contributed by atoms with Crippen molar-refractivity contribution in [3.8, 4) is 0 Å². The summed E-state index contributed by atoms with van der Waals surface area (Å²) >= 11 is 0. The van der Waals surface area contributed by atoms with E-state index in [2.05, 4.69) is 10.2 Å². The van der Waals surface area contributed by atoms with E-state index in [1.165, 1.54) is 10.5 Å². The molecule has 0 fully saturated rings. The average Bonchev–Trinajstić information content (AvgIpc) is 2.96. The zero-order valence-corrected chi connectivity index (χ0v) is 12.2. The lowest BCUT2D eigenvalue weighted by molar-refractivity contribution is -0.137. The molecule has 1 aromatic carbocycles. The fourth-order valence-corrected chi connectivity index (χ4v) is 2.42. The highest BCUT2D eigenvalue weighted by atomic mass is 19.4. The van der Waals surface area contributed by atoms with Crippen LogP contribution >= 0.6 is 0 Å². The van der Waals surface area contributed by atoms with Gasteiger partial charge in [0.2, 0.25) is 0 Å². The normalized spacial score (nSPS) is 13.4. The standard InChI is InChI=1S/C16H15F3N4/c17-16(18,19)12-7-9-14-21-22-15(23(14)10-12)13(20)8-6-11-4-2-1-3-5-11/h1-5,7,9-10,13H,6,8,20H2. The molecule has 3 rings (SSSR count). The van der Waals surface area contributed by atoms with Gasteiger partial charge >= 0.3 is 6.18 Å². The van der Waals surface area contributed by atoms with Gasteiger partial charge in [-0.3, -0.25) is 4.40 Å². The second-order valence-electron chi connectivity index (χ2n) is 5.33. The number of hydrogen-bond acceptors (Lipinski definition) is 3. The van der Waals surface area contributed by atoms with E-state index in [1.807, 2.05) is 30.3 Å². The molecule has 4 nitrogen and oxygen atoms in total. The van der Waals surface area contributed by atoms with E-state index >= 15 is 0 Å². The van der Waals surface area contributed by atoms with Crippen LogP contribution in [0, 0.1) is 0 Å². The average molecular weight is 320 g/mol. The Morgan fingerprint density at radius 1 is 1.04 bits per heavy atom. The molecule has 120 valence electrons. The molecular weight excluding hydrogens is 305 g/mol. The summed E-state index contributed by atoms with van der Waals surface area (Å²) in [5.74, 6) is 0.335. The van der Waals surface area contributed by atoms with Crippen molar-refractivity contribution in [2.75, 3.05) is 0 Å². The topological polar surface area (TPSA) is 56.2 Å². The van der Waals surface area contributed by atoms with E-state index in [-0.39, 0.29) is 0 Å². The van der Waals surface area contributed by atoms with Gasteiger partial charge in [0.05, 0.1) is 11.6 Å². The zero-order chi connectivity index (χ0) is 16.4. The Bertz CT molecular complexity index is 796. The summed E-state index contributed by atoms with van der Waals surface area (Å²) < 4.78 is 39.8. The minimum absolute atomic E-state index is 0.335. The van der Waals surface area contributed by atoms with Crippen LogP contribution in [0.3, 0.4) is 0 Å². The quantitative estimate of drug-likeness (QED) is 0.802. The van der Waals surface area contributed by atoms with E-state index in [1.54, 1.807) is 0 Å². The van der Waals surface area contributed by atoms with Gasteiger partial charge in [-0.15, -0.1) is 10.2 Å². The van der Waals surface area contributed by atoms with Crippen LogP contribution in [0.4, 0.5) is 13.2 Å². The van der Waals surface area contributed by atoms with Gasteiger partial charge < -0.3 is 5.73 Å². The maximum atomic E-state index is 12.8. The molecule has 3 aromatic rings. The molecule has 23 heavy (non-hydrogen) atoms. The third-order valence-corrected chi connectivity index (χ3v) is 3.67. The highest BCUT2D eigenvalue weighted by molar-refractivity contribution is 5.40. The molecule has 7 heteroatoms. The molecule has 0 spiro atoms. The number of pyridine rings is 1. The van der Waals surface area contributed by atoms with Gasteiger partial charge in [-0.2, -0.15) is 13.2 Å². The Morgan fingerprint density at radius 2 is 1.78 bits per heavy atom. The molecule has 2 heterocycles. The fourth-order valence-electron chi connectivity index (χ4n) is 2.42. The Balaban J connectivity index is 1.84. The van der Waals surface area contributed by atoms with Gasteiger partial charge in [-0.25, -0.2) is 0 Å². The van der Waals surface area contributed by atoms with Crippen LogP contribution in [-0.2, 0) is 12.6 Å². The minimum atomic E-state index is -4.41. The van der Waals surface area contributed by atoms with E-state index in [0.717, 1.165) is 24.2 Å². The van der Waals surface area contributed by atoms with Crippen LogP contribution < -0.4 is 5.73 Å². The number of fused-ring (bicyclic) bond motifs is 1. The van der Waals surface area contributed by atoms with Crippen LogP contribution in [0.25, 0.3) is 5.65 Å². The SMILES string of the molecule is NC(CCc1ccccc1)c1nnc2ccc(C(F)(F)F)cn12. The first-order chi connectivity index (χ1) is 10.9. The molecule has 0 saturated heterocycles. The molecule has 0 bridgehead atoms. The third-order valence-electron chi connectivity index (χ3n) is 3.67. The number of rotatable bonds is 4. The molecule has 2 aromatic heterocycles. The van der Waals surface area contributed by atoms with Crippen molar-refractivity contribution >= 4 is 5.65 Å². The minimum Gasteiger partial charge on any atom is -0.321 e. The highest BCUT2D eigenvalue weighted by Crippen LogP contribution is 2.29. The van der Waals surface area contributed by atoms with E-state index in [4.69, 9.17) is 5.73 Å². The number of halogens is 3. The number of nitrogens with two attached hydrogens (primary N) is 1. The summed E-state index contributed by atoms with van der Waals surface area (Å²) in [5, 5.41) is 7.83. The van der Waals surface area contributed by atoms with E-state index in [9.17, 15) is 13.2 Å². The lowest BCUT2D eigenvalue weighted by Gasteiger charge is -2.11. The molecular formula is C16H15F3N4. The first-order valence-electron chi connectivity index (χ1n) is 7.16. The number of aromatic nitrogens is 3. The van der Waals surface area contributed by atoms with Crippen molar-refractivity contribution in [2.45, 2.75) is 25.1 Å². The van der Waals surface area contributed by atoms with Gasteiger partial charge in [0, 0.05) is 6.20 Å². The summed E-state index contributed by atoms with van der Waals surface area (Å²) in [5.41, 5.74) is 6.83. The largest absolute Gasteiger partial charge is 0.417 e. The molecule has 0 aliphatic rings. The molecule has 2 N–H and O–H groups in total. The molecule has 1 unspecified atom stereocenters. The van der Waals surface area contributed by atoms with E-state index in [0.29, 0.717) is 17.9 Å². The number of aryl methyl sites for hydroxylation is 1. The lowest BCUT2D eigenvalue weighted by Crippen LogP contribution is -2.16. The van der Waals surface area contributed by atoms with Gasteiger partial charge in [-0.1, -0.05) is 30.3 Å². The lowest BCUT2D eigenvalue weighted by atomic mass is 10.1. The van der Waals surface area contributed by atoms with Gasteiger partial charge in [-0.05, 0) is 30.5 Å². The van der Waals surface area contributed by atoms with Crippen LogP contribution in [0.15, 0.2) is 48.7 Å². The molecule has 0 amide bonds. The summed E-state index contributed by atoms with van der Waals surface area (Å²) in [4.78, 5) is 0. The van der Waals surface area contributed by atoms with Gasteiger partial charge in [0.25, 0.3) is 0 Å². The van der Waals surface area contributed by atoms with Crippen LogP contribution in [0.5, 0.6) is 0 Å². The Hall–Kier alpha value is -2.41. The Kier molecular flexibility index (Phi) is 4.04. The molecule has 0 aliphatic heterocycles. The number of nitrogens with zero attached hydrogens (tertiary/aromatic N) is 3. The van der Waals surface area contributed by atoms with Crippen molar-refractivity contribution in [1.29, 1.82) is 0 Å². The first kappa shape index (κ1) is 15.5. The smallest absolute Gasteiger partial charge is 0.321 e. The van der Waals surface area contributed by atoms with Gasteiger partial charge in [0.15, 0.2) is 11.5 Å². The first-order valence-corrected chi connectivity index (χ1v) is 7.16. The number of benzene rings is 1. The van der Waals surface area contributed by atoms with Crippen molar-refractivity contribution in [3.05, 3.63) is 65.6 Å².